The first-order chi connectivity index (χ1) is 14.8. The third-order valence-electron chi connectivity index (χ3n) is 5.30. The number of esters is 1. The van der Waals surface area contributed by atoms with Gasteiger partial charge in [-0.15, -0.1) is 0 Å². The Labute approximate surface area is 183 Å². The number of carbonyl (C=O) groups is 2. The molecule has 2 aromatic rings. The second-order valence-electron chi connectivity index (χ2n) is 7.95. The van der Waals surface area contributed by atoms with E-state index in [1.165, 1.54) is 5.56 Å². The Balaban J connectivity index is 1.44. The zero-order chi connectivity index (χ0) is 22.4. The molecule has 8 nitrogen and oxygen atoms in total. The molecule has 0 radical (unpaired) electrons. The third kappa shape index (κ3) is 5.93. The highest BCUT2D eigenvalue weighted by Crippen LogP contribution is 2.23. The van der Waals surface area contributed by atoms with Crippen molar-refractivity contribution in [1.29, 1.82) is 0 Å². The zero-order valence-corrected chi connectivity index (χ0v) is 18.6. The summed E-state index contributed by atoms with van der Waals surface area (Å²) in [4.78, 5) is 37.0. The fraction of sp³-hybridized carbons (Fsp3) is 0.478. The van der Waals surface area contributed by atoms with E-state index in [1.54, 1.807) is 30.3 Å². The molecule has 0 aliphatic carbocycles. The van der Waals surface area contributed by atoms with Crippen molar-refractivity contribution in [2.75, 3.05) is 37.7 Å². The maximum atomic E-state index is 12.7. The number of benzene rings is 1. The van der Waals surface area contributed by atoms with Crippen LogP contribution in [0.1, 0.15) is 37.8 Å². The fourth-order valence-electron chi connectivity index (χ4n) is 3.65. The van der Waals surface area contributed by atoms with E-state index in [1.807, 2.05) is 30.0 Å². The second kappa shape index (κ2) is 10.2. The zero-order valence-electron chi connectivity index (χ0n) is 18.6. The van der Waals surface area contributed by atoms with Crippen molar-refractivity contribution < 1.29 is 19.1 Å². The Morgan fingerprint density at radius 2 is 1.74 bits per heavy atom. The third-order valence-corrected chi connectivity index (χ3v) is 5.30. The Morgan fingerprint density at radius 1 is 1.06 bits per heavy atom. The Morgan fingerprint density at radius 3 is 2.35 bits per heavy atom. The van der Waals surface area contributed by atoms with Crippen LogP contribution in [0.3, 0.4) is 0 Å². The Bertz CT molecular complexity index is 896. The molecule has 1 amide bonds. The monoisotopic (exact) mass is 426 g/mol. The van der Waals surface area contributed by atoms with Crippen molar-refractivity contribution in [3.8, 4) is 5.75 Å². The minimum atomic E-state index is -0.860. The van der Waals surface area contributed by atoms with Crippen molar-refractivity contribution in [2.24, 2.45) is 0 Å². The summed E-state index contributed by atoms with van der Waals surface area (Å²) in [6, 6.07) is 7.53. The van der Waals surface area contributed by atoms with Crippen molar-refractivity contribution >= 4 is 17.8 Å². The van der Waals surface area contributed by atoms with Gasteiger partial charge in [0.05, 0.1) is 0 Å². The molecule has 0 saturated carbocycles. The molecule has 1 aromatic heterocycles. The SMILES string of the molecule is Cc1cc(OCC(=O)OC(C)C(=O)N2CCN(c3ncccn3)CC2)ccc1C(C)C. The van der Waals surface area contributed by atoms with E-state index in [0.29, 0.717) is 43.8 Å². The largest absolute Gasteiger partial charge is 0.482 e. The van der Waals surface area contributed by atoms with Gasteiger partial charge in [-0.1, -0.05) is 19.9 Å². The van der Waals surface area contributed by atoms with E-state index in [-0.39, 0.29) is 12.5 Å². The smallest absolute Gasteiger partial charge is 0.344 e. The first-order valence-electron chi connectivity index (χ1n) is 10.6. The minimum absolute atomic E-state index is 0.209. The van der Waals surface area contributed by atoms with E-state index in [9.17, 15) is 9.59 Å². The average molecular weight is 427 g/mol. The van der Waals surface area contributed by atoms with Crippen LogP contribution in [0.25, 0.3) is 0 Å². The summed E-state index contributed by atoms with van der Waals surface area (Å²) in [7, 11) is 0. The lowest BCUT2D eigenvalue weighted by molar-refractivity contribution is -0.160. The number of hydrogen-bond donors (Lipinski definition) is 0. The number of aromatic nitrogens is 2. The molecule has 1 atom stereocenters. The molecule has 1 aliphatic heterocycles. The van der Waals surface area contributed by atoms with Crippen LogP contribution in [0, 0.1) is 6.92 Å². The van der Waals surface area contributed by atoms with Gasteiger partial charge >= 0.3 is 5.97 Å². The molecule has 0 spiro atoms. The highest BCUT2D eigenvalue weighted by molar-refractivity contribution is 5.84. The van der Waals surface area contributed by atoms with Crippen LogP contribution in [0.2, 0.25) is 0 Å². The highest BCUT2D eigenvalue weighted by atomic mass is 16.6. The van der Waals surface area contributed by atoms with Crippen LogP contribution >= 0.6 is 0 Å². The fourth-order valence-corrected chi connectivity index (χ4v) is 3.65. The molecule has 31 heavy (non-hydrogen) atoms. The van der Waals surface area contributed by atoms with Gasteiger partial charge in [-0.05, 0) is 49.1 Å². The van der Waals surface area contributed by atoms with Crippen LogP contribution in [-0.4, -0.2) is 65.6 Å². The number of carbonyl (C=O) groups excluding carboxylic acids is 2. The number of hydrogen-bond acceptors (Lipinski definition) is 7. The molecule has 2 heterocycles. The summed E-state index contributed by atoms with van der Waals surface area (Å²) in [5.74, 6) is 0.912. The number of rotatable bonds is 7. The normalized spacial score (nSPS) is 15.0. The van der Waals surface area contributed by atoms with Gasteiger partial charge < -0.3 is 19.3 Å². The van der Waals surface area contributed by atoms with Crippen LogP contribution in [0.15, 0.2) is 36.7 Å². The van der Waals surface area contributed by atoms with E-state index < -0.39 is 12.1 Å². The van der Waals surface area contributed by atoms with Gasteiger partial charge in [-0.25, -0.2) is 14.8 Å². The van der Waals surface area contributed by atoms with Gasteiger partial charge in [0.1, 0.15) is 5.75 Å². The molecule has 166 valence electrons. The summed E-state index contributed by atoms with van der Waals surface area (Å²) in [5, 5.41) is 0. The predicted octanol–water partition coefficient (Wildman–Crippen LogP) is 2.57. The lowest BCUT2D eigenvalue weighted by Gasteiger charge is -2.35. The predicted molar refractivity (Wildman–Crippen MR) is 117 cm³/mol. The molecule has 0 bridgehead atoms. The first-order valence-corrected chi connectivity index (χ1v) is 10.6. The highest BCUT2D eigenvalue weighted by Gasteiger charge is 2.28. The van der Waals surface area contributed by atoms with Gasteiger partial charge in [0.25, 0.3) is 5.91 Å². The molecule has 0 N–H and O–H groups in total. The maximum absolute atomic E-state index is 12.7. The van der Waals surface area contributed by atoms with Gasteiger partial charge in [0, 0.05) is 38.6 Å². The number of amides is 1. The quantitative estimate of drug-likeness (QED) is 0.629. The van der Waals surface area contributed by atoms with Gasteiger partial charge in [0.15, 0.2) is 12.7 Å². The molecule has 1 unspecified atom stereocenters. The van der Waals surface area contributed by atoms with Crippen LogP contribution in [0.5, 0.6) is 5.75 Å². The van der Waals surface area contributed by atoms with Crippen LogP contribution in [-0.2, 0) is 14.3 Å². The van der Waals surface area contributed by atoms with E-state index >= 15 is 0 Å². The number of piperazine rings is 1. The van der Waals surface area contributed by atoms with Crippen molar-refractivity contribution in [2.45, 2.75) is 39.7 Å². The lowest BCUT2D eigenvalue weighted by Crippen LogP contribution is -2.52. The molecular weight excluding hydrogens is 396 g/mol. The first kappa shape index (κ1) is 22.5. The minimum Gasteiger partial charge on any atom is -0.482 e. The van der Waals surface area contributed by atoms with Crippen molar-refractivity contribution in [3.05, 3.63) is 47.8 Å². The molecule has 1 aliphatic rings. The van der Waals surface area contributed by atoms with Crippen LogP contribution < -0.4 is 9.64 Å². The second-order valence-corrected chi connectivity index (χ2v) is 7.95. The summed E-state index contributed by atoms with van der Waals surface area (Å²) >= 11 is 0. The van der Waals surface area contributed by atoms with Gasteiger partial charge in [0.2, 0.25) is 5.95 Å². The maximum Gasteiger partial charge on any atom is 0.344 e. The summed E-state index contributed by atoms with van der Waals surface area (Å²) in [6.45, 7) is 9.95. The van der Waals surface area contributed by atoms with E-state index in [2.05, 4.69) is 23.8 Å². The van der Waals surface area contributed by atoms with E-state index in [4.69, 9.17) is 9.47 Å². The van der Waals surface area contributed by atoms with Crippen molar-refractivity contribution in [3.63, 3.8) is 0 Å². The molecule has 8 heteroatoms. The number of nitrogens with zero attached hydrogens (tertiary/aromatic N) is 4. The molecule has 1 saturated heterocycles. The molecule has 1 fully saturated rings. The standard InChI is InChI=1S/C23H30N4O4/c1-16(2)20-7-6-19(14-17(20)3)30-15-21(28)31-18(4)22(29)26-10-12-27(13-11-26)23-24-8-5-9-25-23/h5-9,14,16,18H,10-13,15H2,1-4H3. The summed E-state index contributed by atoms with van der Waals surface area (Å²) in [6.07, 6.45) is 2.54. The van der Waals surface area contributed by atoms with Crippen molar-refractivity contribution in [1.82, 2.24) is 14.9 Å². The summed E-state index contributed by atoms with van der Waals surface area (Å²) < 4.78 is 10.8. The molecule has 1 aromatic carbocycles. The number of ether oxygens (including phenoxy) is 2. The summed E-state index contributed by atoms with van der Waals surface area (Å²) in [5.41, 5.74) is 2.36. The Hall–Kier alpha value is -3.16. The van der Waals surface area contributed by atoms with Gasteiger partial charge in [-0.3, -0.25) is 4.79 Å². The van der Waals surface area contributed by atoms with E-state index in [0.717, 1.165) is 5.56 Å². The number of anilines is 1. The van der Waals surface area contributed by atoms with Gasteiger partial charge in [-0.2, -0.15) is 0 Å². The Kier molecular flexibility index (Phi) is 7.44. The molecular formula is C23H30N4O4. The lowest BCUT2D eigenvalue weighted by atomic mass is 9.98. The molecule has 3 rings (SSSR count). The topological polar surface area (TPSA) is 84.9 Å². The number of aryl methyl sites for hydroxylation is 1. The average Bonchev–Trinajstić information content (AvgIpc) is 2.77. The van der Waals surface area contributed by atoms with Crippen LogP contribution in [0.4, 0.5) is 5.95 Å².